The van der Waals surface area contributed by atoms with Gasteiger partial charge < -0.3 is 14.8 Å². The van der Waals surface area contributed by atoms with Gasteiger partial charge in [0.2, 0.25) is 0 Å². The van der Waals surface area contributed by atoms with Gasteiger partial charge in [-0.25, -0.2) is 23.4 Å². The van der Waals surface area contributed by atoms with Crippen LogP contribution in [0.15, 0.2) is 30.7 Å². The molecular weight excluding hydrogens is 503 g/mol. The molecule has 14 heteroatoms. The van der Waals surface area contributed by atoms with Crippen molar-refractivity contribution in [3.63, 3.8) is 0 Å². The summed E-state index contributed by atoms with van der Waals surface area (Å²) >= 11 is 0. The number of carbonyl (C=O) groups is 1. The number of fused-ring (bicyclic) bond motifs is 1. The van der Waals surface area contributed by atoms with Crippen molar-refractivity contribution in [1.29, 1.82) is 0 Å². The van der Waals surface area contributed by atoms with Crippen molar-refractivity contribution in [1.82, 2.24) is 24.7 Å². The van der Waals surface area contributed by atoms with Gasteiger partial charge in [-0.1, -0.05) is 6.92 Å². The summed E-state index contributed by atoms with van der Waals surface area (Å²) < 4.78 is 73.2. The number of hydrogen-bond acceptors (Lipinski definition) is 8. The first-order valence-electron chi connectivity index (χ1n) is 11.1. The van der Waals surface area contributed by atoms with Crippen molar-refractivity contribution in [2.75, 3.05) is 18.1 Å². The lowest BCUT2D eigenvalue weighted by molar-refractivity contribution is -0.154. The number of sulfone groups is 1. The molecule has 194 valence electrons. The third kappa shape index (κ3) is 5.69. The minimum absolute atomic E-state index is 0.0169. The van der Waals surface area contributed by atoms with E-state index in [1.54, 1.807) is 17.4 Å². The van der Waals surface area contributed by atoms with Crippen molar-refractivity contribution in [3.8, 4) is 17.5 Å². The summed E-state index contributed by atoms with van der Waals surface area (Å²) in [7, 11) is -3.10. The maximum absolute atomic E-state index is 13.1. The second-order valence-electron chi connectivity index (χ2n) is 8.55. The highest BCUT2D eigenvalue weighted by Gasteiger charge is 2.38. The smallest absolute Gasteiger partial charge is 0.422 e. The second-order valence-corrected chi connectivity index (χ2v) is 10.9. The lowest BCUT2D eigenvalue weighted by Gasteiger charge is -2.37. The molecule has 0 saturated carbocycles. The van der Waals surface area contributed by atoms with Gasteiger partial charge in [-0.3, -0.25) is 9.20 Å². The Balaban J connectivity index is 1.55. The number of amides is 1. The number of nitrogens with zero attached hydrogens (tertiary/aromatic N) is 4. The number of ether oxygens (including phenoxy) is 2. The Bertz CT molecular complexity index is 1380. The zero-order valence-corrected chi connectivity index (χ0v) is 20.3. The normalized spacial score (nSPS) is 17.0. The Kier molecular flexibility index (Phi) is 6.82. The Morgan fingerprint density at radius 2 is 1.83 bits per heavy atom. The van der Waals surface area contributed by atoms with Gasteiger partial charge in [-0.05, 0) is 38.3 Å². The number of hydrogen-bond donors (Lipinski definition) is 1. The first-order chi connectivity index (χ1) is 16.9. The van der Waals surface area contributed by atoms with E-state index in [1.807, 2.05) is 6.92 Å². The topological polar surface area (TPSA) is 125 Å². The number of halogens is 3. The standard InChI is InChI=1S/C22H24F3N5O5S/c1-3-21(6-10-36(32,33)11-7-21)29-18(31)17-14(2)30-12-15(4-5-16(30)28-17)35-20-19(26-8-9-27-20)34-13-22(23,24)25/h4-5,8-9,12H,3,6-7,10-11,13H2,1-2H3,(H,29,31). The highest BCUT2D eigenvalue weighted by Crippen LogP contribution is 2.30. The third-order valence-corrected chi connectivity index (χ3v) is 7.76. The number of alkyl halides is 3. The molecule has 4 rings (SSSR count). The van der Waals surface area contributed by atoms with Crippen LogP contribution >= 0.6 is 0 Å². The molecule has 1 N–H and O–H groups in total. The lowest BCUT2D eigenvalue weighted by Crippen LogP contribution is -2.52. The molecule has 0 aliphatic carbocycles. The van der Waals surface area contributed by atoms with E-state index in [0.29, 0.717) is 30.6 Å². The van der Waals surface area contributed by atoms with Crippen LogP contribution in [0.3, 0.4) is 0 Å². The van der Waals surface area contributed by atoms with Crippen LogP contribution < -0.4 is 14.8 Å². The monoisotopic (exact) mass is 527 g/mol. The molecule has 0 atom stereocenters. The molecule has 0 spiro atoms. The van der Waals surface area contributed by atoms with Crippen LogP contribution in [0.25, 0.3) is 5.65 Å². The first kappa shape index (κ1) is 25.7. The summed E-state index contributed by atoms with van der Waals surface area (Å²) in [6.45, 7) is 2.03. The van der Waals surface area contributed by atoms with E-state index in [9.17, 15) is 26.4 Å². The zero-order chi connectivity index (χ0) is 26.1. The number of aromatic nitrogens is 4. The van der Waals surface area contributed by atoms with Crippen LogP contribution in [0.2, 0.25) is 0 Å². The van der Waals surface area contributed by atoms with E-state index < -0.39 is 39.9 Å². The van der Waals surface area contributed by atoms with E-state index in [2.05, 4.69) is 20.3 Å². The van der Waals surface area contributed by atoms with Gasteiger partial charge in [0.15, 0.2) is 6.61 Å². The molecule has 0 unspecified atom stereocenters. The molecule has 1 fully saturated rings. The summed E-state index contributed by atoms with van der Waals surface area (Å²) in [4.78, 5) is 25.1. The molecule has 1 amide bonds. The zero-order valence-electron chi connectivity index (χ0n) is 19.5. The van der Waals surface area contributed by atoms with Crippen molar-refractivity contribution in [2.24, 2.45) is 0 Å². The average molecular weight is 528 g/mol. The molecule has 1 aliphatic rings. The van der Waals surface area contributed by atoms with Crippen LogP contribution in [0, 0.1) is 6.92 Å². The fourth-order valence-corrected chi connectivity index (χ4v) is 5.56. The van der Waals surface area contributed by atoms with Gasteiger partial charge in [-0.2, -0.15) is 13.2 Å². The Hall–Kier alpha value is -3.42. The number of aryl methyl sites for hydroxylation is 1. The summed E-state index contributed by atoms with van der Waals surface area (Å²) in [5.41, 5.74) is 0.476. The molecule has 1 aliphatic heterocycles. The van der Waals surface area contributed by atoms with Gasteiger partial charge in [-0.15, -0.1) is 0 Å². The van der Waals surface area contributed by atoms with Gasteiger partial charge in [0, 0.05) is 17.9 Å². The maximum Gasteiger partial charge on any atom is 0.422 e. The minimum Gasteiger partial charge on any atom is -0.464 e. The molecule has 3 aromatic heterocycles. The second kappa shape index (κ2) is 9.56. The fraction of sp³-hybridized carbons (Fsp3) is 0.455. The largest absolute Gasteiger partial charge is 0.464 e. The van der Waals surface area contributed by atoms with Gasteiger partial charge in [0.1, 0.15) is 26.9 Å². The molecule has 4 heterocycles. The predicted molar refractivity (Wildman–Crippen MR) is 122 cm³/mol. The first-order valence-corrected chi connectivity index (χ1v) is 12.9. The highest BCUT2D eigenvalue weighted by molar-refractivity contribution is 7.91. The molecule has 0 radical (unpaired) electrons. The number of rotatable bonds is 7. The highest BCUT2D eigenvalue weighted by atomic mass is 32.2. The van der Waals surface area contributed by atoms with E-state index >= 15 is 0 Å². The van der Waals surface area contributed by atoms with Crippen LogP contribution in [0.1, 0.15) is 42.4 Å². The predicted octanol–water partition coefficient (Wildman–Crippen LogP) is 3.25. The van der Waals surface area contributed by atoms with Crippen molar-refractivity contribution >= 4 is 21.4 Å². The number of imidazole rings is 1. The van der Waals surface area contributed by atoms with Crippen LogP contribution in [-0.4, -0.2) is 63.5 Å². The molecule has 10 nitrogen and oxygen atoms in total. The van der Waals surface area contributed by atoms with Gasteiger partial charge in [0.25, 0.3) is 17.7 Å². The maximum atomic E-state index is 13.1. The van der Waals surface area contributed by atoms with Gasteiger partial charge >= 0.3 is 6.18 Å². The molecule has 0 bridgehead atoms. The molecule has 0 aromatic carbocycles. The quantitative estimate of drug-likeness (QED) is 0.497. The molecule has 3 aromatic rings. The Morgan fingerprint density at radius 3 is 2.47 bits per heavy atom. The number of pyridine rings is 1. The van der Waals surface area contributed by atoms with Gasteiger partial charge in [0.05, 0.1) is 23.4 Å². The third-order valence-electron chi connectivity index (χ3n) is 6.10. The van der Waals surface area contributed by atoms with Crippen molar-refractivity contribution < 1.29 is 35.9 Å². The number of nitrogens with one attached hydrogen (secondary N) is 1. The molecule has 1 saturated heterocycles. The van der Waals surface area contributed by atoms with Crippen molar-refractivity contribution in [3.05, 3.63) is 42.1 Å². The minimum atomic E-state index is -4.55. The SMILES string of the molecule is CCC1(NC(=O)c2nc3ccc(Oc4nccnc4OCC(F)(F)F)cn3c2C)CCS(=O)(=O)CC1. The van der Waals surface area contributed by atoms with E-state index in [1.165, 1.54) is 24.7 Å². The summed E-state index contributed by atoms with van der Waals surface area (Å²) in [5.74, 6) is -0.858. The van der Waals surface area contributed by atoms with Crippen LogP contribution in [0.4, 0.5) is 13.2 Å². The number of carbonyl (C=O) groups excluding carboxylic acids is 1. The average Bonchev–Trinajstić information content (AvgIpc) is 3.16. The summed E-state index contributed by atoms with van der Waals surface area (Å²) in [6.07, 6.45) is 0.629. The fourth-order valence-electron chi connectivity index (χ4n) is 3.96. The molecule has 36 heavy (non-hydrogen) atoms. The Labute approximate surface area is 204 Å². The summed E-state index contributed by atoms with van der Waals surface area (Å²) in [5, 5.41) is 2.99. The van der Waals surface area contributed by atoms with Crippen molar-refractivity contribution in [2.45, 2.75) is 44.8 Å². The van der Waals surface area contributed by atoms with Crippen LogP contribution in [-0.2, 0) is 9.84 Å². The molecular formula is C22H24F3N5O5S. The van der Waals surface area contributed by atoms with E-state index in [-0.39, 0.29) is 28.8 Å². The summed E-state index contributed by atoms with van der Waals surface area (Å²) in [6, 6.07) is 3.10. The van der Waals surface area contributed by atoms with E-state index in [0.717, 1.165) is 0 Å². The van der Waals surface area contributed by atoms with Crippen LogP contribution in [0.5, 0.6) is 17.5 Å². The Morgan fingerprint density at radius 1 is 1.17 bits per heavy atom. The van der Waals surface area contributed by atoms with E-state index in [4.69, 9.17) is 9.47 Å². The lowest BCUT2D eigenvalue weighted by atomic mass is 9.89.